The summed E-state index contributed by atoms with van der Waals surface area (Å²) < 4.78 is 5.61. The van der Waals surface area contributed by atoms with Gasteiger partial charge >= 0.3 is 0 Å². The summed E-state index contributed by atoms with van der Waals surface area (Å²) in [5.41, 5.74) is 1.79. The van der Waals surface area contributed by atoms with Crippen molar-refractivity contribution in [1.82, 2.24) is 9.88 Å². The molecule has 1 aromatic heterocycles. The van der Waals surface area contributed by atoms with Crippen LogP contribution in [0.5, 0.6) is 0 Å². The topological polar surface area (TPSA) is 45.6 Å². The lowest BCUT2D eigenvalue weighted by Crippen LogP contribution is -2.48. The number of nitrogens with zero attached hydrogens (tertiary/aromatic N) is 2. The number of ether oxygens (including phenoxy) is 1. The fraction of sp³-hybridized carbons (Fsp3) is 0.727. The SMILES string of the molecule is CCN1CCOC(C(O)Cc2cncs2)C1. The van der Waals surface area contributed by atoms with Gasteiger partial charge in [0, 0.05) is 30.6 Å². The summed E-state index contributed by atoms with van der Waals surface area (Å²) >= 11 is 1.58. The van der Waals surface area contributed by atoms with E-state index in [1.807, 2.05) is 6.20 Å². The largest absolute Gasteiger partial charge is 0.390 e. The maximum absolute atomic E-state index is 10.1. The lowest BCUT2D eigenvalue weighted by Gasteiger charge is -2.34. The average Bonchev–Trinajstić information content (AvgIpc) is 2.82. The Morgan fingerprint density at radius 2 is 2.62 bits per heavy atom. The third-order valence-corrected chi connectivity index (χ3v) is 3.75. The van der Waals surface area contributed by atoms with Gasteiger partial charge in [-0.15, -0.1) is 11.3 Å². The molecule has 1 aliphatic rings. The van der Waals surface area contributed by atoms with Gasteiger partial charge in [-0.25, -0.2) is 0 Å². The molecule has 1 fully saturated rings. The molecule has 1 N–H and O–H groups in total. The Labute approximate surface area is 99.9 Å². The maximum atomic E-state index is 10.1. The van der Waals surface area contributed by atoms with Gasteiger partial charge in [0.2, 0.25) is 0 Å². The van der Waals surface area contributed by atoms with Crippen LogP contribution < -0.4 is 0 Å². The van der Waals surface area contributed by atoms with Crippen molar-refractivity contribution in [2.75, 3.05) is 26.2 Å². The Morgan fingerprint density at radius 1 is 1.75 bits per heavy atom. The minimum Gasteiger partial charge on any atom is -0.390 e. The number of hydrogen-bond donors (Lipinski definition) is 1. The first-order valence-corrected chi connectivity index (χ1v) is 6.57. The van der Waals surface area contributed by atoms with Gasteiger partial charge in [-0.3, -0.25) is 9.88 Å². The summed E-state index contributed by atoms with van der Waals surface area (Å²) in [6, 6.07) is 0. The number of morpholine rings is 1. The number of likely N-dealkylation sites (N-methyl/N-ethyl adjacent to an activating group) is 1. The molecule has 1 aliphatic heterocycles. The molecule has 0 aromatic carbocycles. The minimum absolute atomic E-state index is 0.0594. The van der Waals surface area contributed by atoms with Crippen LogP contribution in [0.4, 0.5) is 0 Å². The van der Waals surface area contributed by atoms with Crippen molar-refractivity contribution in [2.45, 2.75) is 25.6 Å². The molecule has 0 spiro atoms. The highest BCUT2D eigenvalue weighted by Gasteiger charge is 2.26. The highest BCUT2D eigenvalue weighted by Crippen LogP contribution is 2.15. The molecular formula is C11H18N2O2S. The van der Waals surface area contributed by atoms with Crippen LogP contribution in [-0.4, -0.2) is 53.4 Å². The van der Waals surface area contributed by atoms with E-state index in [1.54, 1.807) is 16.8 Å². The summed E-state index contributed by atoms with van der Waals surface area (Å²) in [6.07, 6.45) is 1.98. The van der Waals surface area contributed by atoms with Gasteiger partial charge in [-0.05, 0) is 6.54 Å². The third kappa shape index (κ3) is 3.01. The van der Waals surface area contributed by atoms with Crippen LogP contribution >= 0.6 is 11.3 Å². The Hall–Kier alpha value is -0.490. The molecule has 2 unspecified atom stereocenters. The predicted octanol–water partition coefficient (Wildman–Crippen LogP) is 0.767. The molecular weight excluding hydrogens is 224 g/mol. The first-order chi connectivity index (χ1) is 7.79. The maximum Gasteiger partial charge on any atom is 0.0964 e. The molecule has 4 nitrogen and oxygen atoms in total. The number of rotatable bonds is 4. The zero-order valence-corrected chi connectivity index (χ0v) is 10.3. The van der Waals surface area contributed by atoms with Crippen LogP contribution in [0.1, 0.15) is 11.8 Å². The Morgan fingerprint density at radius 3 is 3.31 bits per heavy atom. The molecule has 2 rings (SSSR count). The van der Waals surface area contributed by atoms with Gasteiger partial charge in [0.15, 0.2) is 0 Å². The minimum atomic E-state index is -0.421. The molecule has 1 saturated heterocycles. The Bertz CT molecular complexity index is 305. The lowest BCUT2D eigenvalue weighted by atomic mass is 10.1. The average molecular weight is 242 g/mol. The first kappa shape index (κ1) is 12.0. The van der Waals surface area contributed by atoms with Gasteiger partial charge in [0.05, 0.1) is 24.3 Å². The lowest BCUT2D eigenvalue weighted by molar-refractivity contribution is -0.0865. The van der Waals surface area contributed by atoms with Crippen LogP contribution in [0.15, 0.2) is 11.7 Å². The highest BCUT2D eigenvalue weighted by molar-refractivity contribution is 7.09. The normalized spacial score (nSPS) is 24.5. The van der Waals surface area contributed by atoms with Crippen LogP contribution in [0.25, 0.3) is 0 Å². The van der Waals surface area contributed by atoms with Crippen molar-refractivity contribution in [3.8, 4) is 0 Å². The molecule has 0 radical (unpaired) electrons. The first-order valence-electron chi connectivity index (χ1n) is 5.69. The monoisotopic (exact) mass is 242 g/mol. The number of aromatic nitrogens is 1. The van der Waals surface area contributed by atoms with Crippen molar-refractivity contribution in [3.05, 3.63) is 16.6 Å². The van der Waals surface area contributed by atoms with Crippen LogP contribution in [0.3, 0.4) is 0 Å². The second kappa shape index (κ2) is 5.72. The number of thiazole rings is 1. The van der Waals surface area contributed by atoms with E-state index in [0.717, 1.165) is 31.1 Å². The molecule has 0 amide bonds. The summed E-state index contributed by atoms with van der Waals surface area (Å²) in [7, 11) is 0. The summed E-state index contributed by atoms with van der Waals surface area (Å²) in [5.74, 6) is 0. The molecule has 5 heteroatoms. The Kier molecular flexibility index (Phi) is 4.29. The highest BCUT2D eigenvalue weighted by atomic mass is 32.1. The van der Waals surface area contributed by atoms with Crippen LogP contribution in [0, 0.1) is 0 Å². The van der Waals surface area contributed by atoms with E-state index >= 15 is 0 Å². The van der Waals surface area contributed by atoms with E-state index < -0.39 is 6.10 Å². The van der Waals surface area contributed by atoms with Crippen LogP contribution in [-0.2, 0) is 11.2 Å². The summed E-state index contributed by atoms with van der Waals surface area (Å²) in [4.78, 5) is 7.43. The summed E-state index contributed by atoms with van der Waals surface area (Å²) in [6.45, 7) is 5.68. The van der Waals surface area contributed by atoms with E-state index in [-0.39, 0.29) is 6.10 Å². The molecule has 0 aliphatic carbocycles. The quantitative estimate of drug-likeness (QED) is 0.847. The molecule has 1 aromatic rings. The van der Waals surface area contributed by atoms with Crippen molar-refractivity contribution >= 4 is 11.3 Å². The van der Waals surface area contributed by atoms with E-state index in [4.69, 9.17) is 4.74 Å². The van der Waals surface area contributed by atoms with E-state index in [2.05, 4.69) is 16.8 Å². The summed E-state index contributed by atoms with van der Waals surface area (Å²) in [5, 5.41) is 10.1. The zero-order chi connectivity index (χ0) is 11.4. The van der Waals surface area contributed by atoms with Crippen molar-refractivity contribution in [2.24, 2.45) is 0 Å². The zero-order valence-electron chi connectivity index (χ0n) is 9.50. The molecule has 0 saturated carbocycles. The van der Waals surface area contributed by atoms with E-state index in [1.165, 1.54) is 0 Å². The van der Waals surface area contributed by atoms with E-state index in [9.17, 15) is 5.11 Å². The van der Waals surface area contributed by atoms with Gasteiger partial charge in [-0.2, -0.15) is 0 Å². The number of aliphatic hydroxyl groups excluding tert-OH is 1. The standard InChI is InChI=1S/C11H18N2O2S/c1-2-13-3-4-15-11(7-13)10(14)5-9-6-12-8-16-9/h6,8,10-11,14H,2-5,7H2,1H3. The second-order valence-electron chi connectivity index (χ2n) is 4.04. The molecule has 2 atom stereocenters. The molecule has 0 bridgehead atoms. The third-order valence-electron chi connectivity index (χ3n) is 2.95. The van der Waals surface area contributed by atoms with Crippen LogP contribution in [0.2, 0.25) is 0 Å². The van der Waals surface area contributed by atoms with Crippen molar-refractivity contribution < 1.29 is 9.84 Å². The van der Waals surface area contributed by atoms with Gasteiger partial charge in [0.1, 0.15) is 0 Å². The van der Waals surface area contributed by atoms with Gasteiger partial charge < -0.3 is 9.84 Å². The molecule has 2 heterocycles. The molecule has 16 heavy (non-hydrogen) atoms. The predicted molar refractivity (Wildman–Crippen MR) is 63.7 cm³/mol. The fourth-order valence-corrected chi connectivity index (χ4v) is 2.58. The second-order valence-corrected chi connectivity index (χ2v) is 5.01. The van der Waals surface area contributed by atoms with Gasteiger partial charge in [-0.1, -0.05) is 6.92 Å². The van der Waals surface area contributed by atoms with Gasteiger partial charge in [0.25, 0.3) is 0 Å². The number of aliphatic hydroxyl groups is 1. The smallest absolute Gasteiger partial charge is 0.0964 e. The van der Waals surface area contributed by atoms with Crippen molar-refractivity contribution in [3.63, 3.8) is 0 Å². The molecule has 90 valence electrons. The number of hydrogen-bond acceptors (Lipinski definition) is 5. The Balaban J connectivity index is 1.86. The fourth-order valence-electron chi connectivity index (χ4n) is 1.93. The van der Waals surface area contributed by atoms with E-state index in [0.29, 0.717) is 6.42 Å². The van der Waals surface area contributed by atoms with Crippen molar-refractivity contribution in [1.29, 1.82) is 0 Å².